The molecule has 0 amide bonds. The van der Waals surface area contributed by atoms with Gasteiger partial charge in [0.05, 0.1) is 46.1 Å². The second kappa shape index (κ2) is 12.4. The zero-order chi connectivity index (χ0) is 33.5. The quantitative estimate of drug-likeness (QED) is 0.163. The van der Waals surface area contributed by atoms with E-state index < -0.39 is 36.2 Å². The summed E-state index contributed by atoms with van der Waals surface area (Å²) in [6.07, 6.45) is 1.52. The number of nitrogens with zero attached hydrogens (tertiary/aromatic N) is 8. The van der Waals surface area contributed by atoms with Crippen LogP contribution in [0.1, 0.15) is 40.0 Å². The van der Waals surface area contributed by atoms with Gasteiger partial charge >= 0.3 is 18.7 Å². The number of hydrogen-bond donors (Lipinski definition) is 1. The van der Waals surface area contributed by atoms with Crippen LogP contribution in [0.5, 0.6) is 0 Å². The van der Waals surface area contributed by atoms with Gasteiger partial charge in [-0.15, -0.1) is 5.10 Å². The Morgan fingerprint density at radius 2 is 1.66 bits per heavy atom. The van der Waals surface area contributed by atoms with E-state index in [1.54, 1.807) is 18.3 Å². The van der Waals surface area contributed by atoms with Gasteiger partial charge in [-0.25, -0.2) is 18.5 Å². The molecule has 0 aliphatic rings. The van der Waals surface area contributed by atoms with Crippen molar-refractivity contribution in [1.82, 2.24) is 39.5 Å². The molecule has 6 aromatic rings. The van der Waals surface area contributed by atoms with Crippen LogP contribution in [0.2, 0.25) is 5.02 Å². The fraction of sp³-hybridized carbons (Fsp3) is 0.133. The van der Waals surface area contributed by atoms with Crippen LogP contribution in [0.4, 0.5) is 26.3 Å². The zero-order valence-corrected chi connectivity index (χ0v) is 24.3. The maximum absolute atomic E-state index is 15.4. The summed E-state index contributed by atoms with van der Waals surface area (Å²) in [6, 6.07) is 12.3. The molecule has 0 saturated heterocycles. The summed E-state index contributed by atoms with van der Waals surface area (Å²) in [5.41, 5.74) is 0.641. The van der Waals surface area contributed by atoms with Gasteiger partial charge in [0.15, 0.2) is 11.5 Å². The van der Waals surface area contributed by atoms with E-state index in [1.807, 2.05) is 0 Å². The smallest absolute Gasteiger partial charge is 0.436 e. The third-order valence-corrected chi connectivity index (χ3v) is 7.46. The fourth-order valence-corrected chi connectivity index (χ4v) is 5.01. The minimum atomic E-state index is -4.78. The lowest BCUT2D eigenvalue weighted by Crippen LogP contribution is -2.16. The molecule has 17 heteroatoms. The molecule has 6 rings (SSSR count). The number of aromatic carboxylic acids is 1. The van der Waals surface area contributed by atoms with Crippen molar-refractivity contribution >= 4 is 17.6 Å². The topological polar surface area (TPSA) is 117 Å². The van der Waals surface area contributed by atoms with Crippen molar-refractivity contribution < 1.29 is 36.2 Å². The molecule has 4 heterocycles. The Balaban J connectivity index is 1.38. The second-order valence-corrected chi connectivity index (χ2v) is 10.6. The van der Waals surface area contributed by atoms with Crippen LogP contribution < -0.4 is 0 Å². The van der Waals surface area contributed by atoms with Gasteiger partial charge in [0.25, 0.3) is 0 Å². The molecule has 1 atom stereocenters. The number of rotatable bonds is 9. The minimum Gasteiger partial charge on any atom is -0.478 e. The number of benzene rings is 2. The number of aromatic nitrogens is 8. The van der Waals surface area contributed by atoms with Gasteiger partial charge < -0.3 is 5.11 Å². The Bertz CT molecular complexity index is 2060. The fourth-order valence-electron chi connectivity index (χ4n) is 4.86. The van der Waals surface area contributed by atoms with Crippen molar-refractivity contribution in [1.29, 1.82) is 0 Å². The average molecular weight is 673 g/mol. The molecule has 0 bridgehead atoms. The van der Waals surface area contributed by atoms with E-state index in [9.17, 15) is 31.9 Å². The van der Waals surface area contributed by atoms with Crippen molar-refractivity contribution in [2.75, 3.05) is 0 Å². The SMILES string of the molecule is O=C(O)c1ccc(-c2cnn(C(Cc3ccn(C(F)F)n3)c3ccc(-c4c(-n5cc(C(F)(F)F)nn5)ccc(Cl)c4F)cn3)c2)cc1. The van der Waals surface area contributed by atoms with Crippen LogP contribution in [0.25, 0.3) is 27.9 Å². The van der Waals surface area contributed by atoms with E-state index in [0.29, 0.717) is 33.4 Å². The lowest BCUT2D eigenvalue weighted by atomic mass is 10.0. The van der Waals surface area contributed by atoms with E-state index in [1.165, 1.54) is 59.5 Å². The first-order chi connectivity index (χ1) is 22.4. The normalized spacial score (nSPS) is 12.5. The zero-order valence-electron chi connectivity index (χ0n) is 23.5. The molecule has 0 aliphatic carbocycles. The van der Waals surface area contributed by atoms with Gasteiger partial charge in [0.2, 0.25) is 0 Å². The van der Waals surface area contributed by atoms with Gasteiger partial charge in [-0.1, -0.05) is 35.0 Å². The summed E-state index contributed by atoms with van der Waals surface area (Å²) < 4.78 is 84.3. The predicted molar refractivity (Wildman–Crippen MR) is 155 cm³/mol. The van der Waals surface area contributed by atoms with Crippen molar-refractivity contribution in [3.63, 3.8) is 0 Å². The van der Waals surface area contributed by atoms with E-state index >= 15 is 4.39 Å². The Morgan fingerprint density at radius 3 is 2.28 bits per heavy atom. The molecule has 47 heavy (non-hydrogen) atoms. The van der Waals surface area contributed by atoms with Crippen LogP contribution in [0.15, 0.2) is 85.6 Å². The minimum absolute atomic E-state index is 0.0566. The maximum atomic E-state index is 15.4. The highest BCUT2D eigenvalue weighted by Gasteiger charge is 2.35. The first kappa shape index (κ1) is 31.5. The Kier molecular flexibility index (Phi) is 8.27. The number of carbonyl (C=O) groups is 1. The molecule has 0 aliphatic heterocycles. The van der Waals surface area contributed by atoms with E-state index in [2.05, 4.69) is 25.5 Å². The summed E-state index contributed by atoms with van der Waals surface area (Å²) in [6.45, 7) is -2.86. The van der Waals surface area contributed by atoms with Gasteiger partial charge in [0.1, 0.15) is 0 Å². The van der Waals surface area contributed by atoms with Crippen LogP contribution in [0.3, 0.4) is 0 Å². The Morgan fingerprint density at radius 1 is 0.915 bits per heavy atom. The number of carboxylic acid groups (broad SMARTS) is 1. The molecule has 0 fully saturated rings. The van der Waals surface area contributed by atoms with Crippen molar-refractivity contribution in [3.05, 3.63) is 119 Å². The molecule has 0 spiro atoms. The summed E-state index contributed by atoms with van der Waals surface area (Å²) in [7, 11) is 0. The molecule has 10 nitrogen and oxygen atoms in total. The van der Waals surface area contributed by atoms with Crippen LogP contribution in [-0.4, -0.2) is 50.6 Å². The Labute approximate surface area is 265 Å². The number of carboxylic acids is 1. The maximum Gasteiger partial charge on any atom is 0.436 e. The molecular weight excluding hydrogens is 654 g/mol. The standard InChI is InChI=1S/C30H19ClF6N8O2/c31-21-6-8-23(45-15-25(40-42-45)30(35,36)37)26(27(21)32)18-5-7-22(38-12-18)24(11-20-9-10-43(41-20)29(33)34)44-14-19(13-39-44)16-1-3-17(4-2-16)28(46)47/h1-10,12-15,24,29H,11H2,(H,46,47). The monoisotopic (exact) mass is 672 g/mol. The molecule has 1 N–H and O–H groups in total. The predicted octanol–water partition coefficient (Wildman–Crippen LogP) is 7.13. The van der Waals surface area contributed by atoms with Gasteiger partial charge in [-0.2, -0.15) is 32.1 Å². The number of halogens is 7. The first-order valence-electron chi connectivity index (χ1n) is 13.5. The molecule has 0 saturated carbocycles. The van der Waals surface area contributed by atoms with Gasteiger partial charge in [-0.05, 0) is 42.0 Å². The molecule has 4 aromatic heterocycles. The summed E-state index contributed by atoms with van der Waals surface area (Å²) in [5, 5.41) is 23.9. The van der Waals surface area contributed by atoms with E-state index in [0.717, 1.165) is 10.9 Å². The van der Waals surface area contributed by atoms with Crippen LogP contribution in [0, 0.1) is 5.82 Å². The molecule has 1 unspecified atom stereocenters. The average Bonchev–Trinajstić information content (AvgIpc) is 3.83. The summed E-state index contributed by atoms with van der Waals surface area (Å²) in [4.78, 5) is 15.7. The van der Waals surface area contributed by atoms with Crippen LogP contribution in [-0.2, 0) is 12.6 Å². The number of alkyl halides is 5. The Hall–Kier alpha value is -5.51. The molecule has 0 radical (unpaired) electrons. The third kappa shape index (κ3) is 6.44. The molecule has 2 aromatic carbocycles. The van der Waals surface area contributed by atoms with Crippen molar-refractivity contribution in [3.8, 4) is 27.9 Å². The highest BCUT2D eigenvalue weighted by atomic mass is 35.5. The van der Waals surface area contributed by atoms with Crippen molar-refractivity contribution in [2.24, 2.45) is 0 Å². The molecular formula is C30H19ClF6N8O2. The lowest BCUT2D eigenvalue weighted by molar-refractivity contribution is -0.141. The first-order valence-corrected chi connectivity index (χ1v) is 13.9. The van der Waals surface area contributed by atoms with Crippen molar-refractivity contribution in [2.45, 2.75) is 25.2 Å². The number of hydrogen-bond acceptors (Lipinski definition) is 6. The summed E-state index contributed by atoms with van der Waals surface area (Å²) >= 11 is 6.03. The molecule has 240 valence electrons. The number of pyridine rings is 1. The summed E-state index contributed by atoms with van der Waals surface area (Å²) in [5.74, 6) is -2.01. The second-order valence-electron chi connectivity index (χ2n) is 10.1. The van der Waals surface area contributed by atoms with E-state index in [-0.39, 0.29) is 33.8 Å². The highest BCUT2D eigenvalue weighted by Crippen LogP contribution is 2.35. The lowest BCUT2D eigenvalue weighted by Gasteiger charge is -2.17. The van der Waals surface area contributed by atoms with Crippen LogP contribution >= 0.6 is 11.6 Å². The van der Waals surface area contributed by atoms with Gasteiger partial charge in [0, 0.05) is 41.7 Å². The third-order valence-electron chi connectivity index (χ3n) is 7.17. The largest absolute Gasteiger partial charge is 0.478 e. The van der Waals surface area contributed by atoms with E-state index in [4.69, 9.17) is 11.6 Å². The van der Waals surface area contributed by atoms with Gasteiger partial charge in [-0.3, -0.25) is 9.67 Å². The highest BCUT2D eigenvalue weighted by molar-refractivity contribution is 6.31.